The van der Waals surface area contributed by atoms with Gasteiger partial charge in [-0.05, 0) is 74.0 Å². The number of unbranched alkanes of at least 4 members (excludes halogenated alkanes) is 1. The number of hydrogen-bond acceptors (Lipinski definition) is 3. The molecule has 0 amide bonds. The predicted octanol–water partition coefficient (Wildman–Crippen LogP) is 3.32. The smallest absolute Gasteiger partial charge is 0.191 e. The van der Waals surface area contributed by atoms with E-state index in [2.05, 4.69) is 51.2 Å². The van der Waals surface area contributed by atoms with Gasteiger partial charge in [-0.3, -0.25) is 0 Å². The van der Waals surface area contributed by atoms with E-state index in [9.17, 15) is 0 Å². The fraction of sp³-hybridized carbons (Fsp3) is 0.722. The molecular weight excluding hydrogens is 304 g/mol. The Kier molecular flexibility index (Phi) is 8.47. The van der Waals surface area contributed by atoms with Crippen molar-refractivity contribution < 1.29 is 0 Å². The molecule has 0 aromatic carbocycles. The molecule has 0 saturated carbocycles. The minimum atomic E-state index is 0.754. The van der Waals surface area contributed by atoms with Crippen LogP contribution in [0.1, 0.15) is 45.1 Å². The summed E-state index contributed by atoms with van der Waals surface area (Å²) in [6.45, 7) is 11.0. The van der Waals surface area contributed by atoms with Crippen LogP contribution in [0, 0.1) is 5.92 Å². The second-order valence-corrected chi connectivity index (χ2v) is 7.29. The normalized spacial score (nSPS) is 19.7. The molecule has 5 heteroatoms. The van der Waals surface area contributed by atoms with Gasteiger partial charge in [0.2, 0.25) is 0 Å². The minimum absolute atomic E-state index is 0.754. The third kappa shape index (κ3) is 7.36. The molecule has 2 heterocycles. The number of rotatable bonds is 8. The van der Waals surface area contributed by atoms with Crippen LogP contribution < -0.4 is 10.6 Å². The lowest BCUT2D eigenvalue weighted by atomic mass is 10.0. The highest BCUT2D eigenvalue weighted by atomic mass is 32.1. The maximum Gasteiger partial charge on any atom is 0.191 e. The van der Waals surface area contributed by atoms with Gasteiger partial charge in [-0.2, -0.15) is 11.3 Å². The van der Waals surface area contributed by atoms with Crippen molar-refractivity contribution in [3.8, 4) is 0 Å². The van der Waals surface area contributed by atoms with Crippen molar-refractivity contribution in [2.45, 2.75) is 46.1 Å². The minimum Gasteiger partial charge on any atom is -0.357 e. The van der Waals surface area contributed by atoms with Gasteiger partial charge in [0, 0.05) is 19.6 Å². The van der Waals surface area contributed by atoms with E-state index in [4.69, 9.17) is 0 Å². The van der Waals surface area contributed by atoms with Crippen LogP contribution in [0.15, 0.2) is 21.8 Å². The summed E-state index contributed by atoms with van der Waals surface area (Å²) in [4.78, 5) is 7.27. The lowest BCUT2D eigenvalue weighted by Gasteiger charge is -2.30. The van der Waals surface area contributed by atoms with Gasteiger partial charge in [-0.1, -0.05) is 6.92 Å². The van der Waals surface area contributed by atoms with Crippen molar-refractivity contribution in [3.63, 3.8) is 0 Å². The van der Waals surface area contributed by atoms with Crippen LogP contribution in [0.3, 0.4) is 0 Å². The molecule has 23 heavy (non-hydrogen) atoms. The van der Waals surface area contributed by atoms with Crippen molar-refractivity contribution in [2.75, 3.05) is 32.7 Å². The van der Waals surface area contributed by atoms with E-state index in [1.807, 2.05) is 0 Å². The second kappa shape index (κ2) is 10.7. The SMILES string of the molecule is CCNC(=NCc1ccsc1)NCCCCN1CCCC(C)C1. The molecule has 0 spiro atoms. The van der Waals surface area contributed by atoms with Crippen molar-refractivity contribution in [1.29, 1.82) is 0 Å². The second-order valence-electron chi connectivity index (χ2n) is 6.51. The molecule has 1 aliphatic rings. The van der Waals surface area contributed by atoms with Crippen LogP contribution in [-0.2, 0) is 6.54 Å². The van der Waals surface area contributed by atoms with Gasteiger partial charge in [0.25, 0.3) is 0 Å². The van der Waals surface area contributed by atoms with Gasteiger partial charge < -0.3 is 15.5 Å². The first kappa shape index (κ1) is 18.3. The maximum atomic E-state index is 4.64. The third-order valence-electron chi connectivity index (χ3n) is 4.28. The highest BCUT2D eigenvalue weighted by Gasteiger charge is 2.15. The Hall–Kier alpha value is -1.07. The molecule has 2 rings (SSSR count). The summed E-state index contributed by atoms with van der Waals surface area (Å²) in [5.74, 6) is 1.82. The molecule has 1 fully saturated rings. The Balaban J connectivity index is 1.61. The Morgan fingerprint density at radius 3 is 3.04 bits per heavy atom. The summed E-state index contributed by atoms with van der Waals surface area (Å²) in [6, 6.07) is 2.14. The van der Waals surface area contributed by atoms with Crippen LogP contribution in [-0.4, -0.2) is 43.6 Å². The molecule has 0 bridgehead atoms. The van der Waals surface area contributed by atoms with Crippen LogP contribution >= 0.6 is 11.3 Å². The number of guanidine groups is 1. The summed E-state index contributed by atoms with van der Waals surface area (Å²) >= 11 is 1.73. The van der Waals surface area contributed by atoms with Gasteiger partial charge in [-0.15, -0.1) is 0 Å². The van der Waals surface area contributed by atoms with Gasteiger partial charge in [-0.25, -0.2) is 4.99 Å². The lowest BCUT2D eigenvalue weighted by molar-refractivity contribution is 0.181. The van der Waals surface area contributed by atoms with Crippen molar-refractivity contribution in [3.05, 3.63) is 22.4 Å². The van der Waals surface area contributed by atoms with E-state index in [1.54, 1.807) is 11.3 Å². The number of thiophene rings is 1. The summed E-state index contributed by atoms with van der Waals surface area (Å²) in [7, 11) is 0. The molecule has 1 aromatic heterocycles. The summed E-state index contributed by atoms with van der Waals surface area (Å²) in [5, 5.41) is 11.0. The fourth-order valence-corrected chi connectivity index (χ4v) is 3.71. The standard InChI is InChI=1S/C18H32N4S/c1-3-19-18(21-13-17-8-12-23-15-17)20-9-4-5-10-22-11-6-7-16(2)14-22/h8,12,15-16H,3-7,9-11,13-14H2,1-2H3,(H2,19,20,21). The number of aliphatic imine (C=N–C) groups is 1. The van der Waals surface area contributed by atoms with Gasteiger partial charge in [0.15, 0.2) is 5.96 Å². The molecule has 1 atom stereocenters. The number of nitrogens with zero attached hydrogens (tertiary/aromatic N) is 2. The van der Waals surface area contributed by atoms with E-state index < -0.39 is 0 Å². The van der Waals surface area contributed by atoms with Crippen molar-refractivity contribution >= 4 is 17.3 Å². The molecule has 0 radical (unpaired) electrons. The van der Waals surface area contributed by atoms with E-state index >= 15 is 0 Å². The summed E-state index contributed by atoms with van der Waals surface area (Å²) in [6.07, 6.45) is 5.25. The zero-order chi connectivity index (χ0) is 16.3. The number of nitrogens with one attached hydrogen (secondary N) is 2. The fourth-order valence-electron chi connectivity index (χ4n) is 3.05. The van der Waals surface area contributed by atoms with Crippen LogP contribution in [0.25, 0.3) is 0 Å². The Bertz CT molecular complexity index is 444. The van der Waals surface area contributed by atoms with Crippen molar-refractivity contribution in [1.82, 2.24) is 15.5 Å². The van der Waals surface area contributed by atoms with Crippen molar-refractivity contribution in [2.24, 2.45) is 10.9 Å². The average Bonchev–Trinajstić information content (AvgIpc) is 3.05. The first-order valence-electron chi connectivity index (χ1n) is 9.03. The highest BCUT2D eigenvalue weighted by molar-refractivity contribution is 7.07. The summed E-state index contributed by atoms with van der Waals surface area (Å²) < 4.78 is 0. The Morgan fingerprint density at radius 2 is 2.30 bits per heavy atom. The van der Waals surface area contributed by atoms with E-state index in [0.717, 1.165) is 31.5 Å². The van der Waals surface area contributed by atoms with Crippen LogP contribution in [0.5, 0.6) is 0 Å². The number of likely N-dealkylation sites (tertiary alicyclic amines) is 1. The first-order chi connectivity index (χ1) is 11.3. The van der Waals surface area contributed by atoms with Gasteiger partial charge in [0.1, 0.15) is 0 Å². The molecular formula is C18H32N4S. The Morgan fingerprint density at radius 1 is 1.39 bits per heavy atom. The monoisotopic (exact) mass is 336 g/mol. The molecule has 1 aliphatic heterocycles. The molecule has 2 N–H and O–H groups in total. The maximum absolute atomic E-state index is 4.64. The largest absolute Gasteiger partial charge is 0.357 e. The van der Waals surface area contributed by atoms with E-state index in [0.29, 0.717) is 0 Å². The van der Waals surface area contributed by atoms with E-state index in [1.165, 1.54) is 50.9 Å². The van der Waals surface area contributed by atoms with Crippen LogP contribution in [0.4, 0.5) is 0 Å². The molecule has 130 valence electrons. The Labute approximate surface area is 145 Å². The molecule has 1 saturated heterocycles. The predicted molar refractivity (Wildman–Crippen MR) is 101 cm³/mol. The van der Waals surface area contributed by atoms with Crippen LogP contribution in [0.2, 0.25) is 0 Å². The molecule has 4 nitrogen and oxygen atoms in total. The highest BCUT2D eigenvalue weighted by Crippen LogP contribution is 2.15. The first-order valence-corrected chi connectivity index (χ1v) is 9.98. The number of piperidine rings is 1. The topological polar surface area (TPSA) is 39.7 Å². The molecule has 1 unspecified atom stereocenters. The zero-order valence-electron chi connectivity index (χ0n) is 14.7. The van der Waals surface area contributed by atoms with E-state index in [-0.39, 0.29) is 0 Å². The average molecular weight is 337 g/mol. The lowest BCUT2D eigenvalue weighted by Crippen LogP contribution is -2.38. The van der Waals surface area contributed by atoms with Gasteiger partial charge in [0.05, 0.1) is 6.54 Å². The van der Waals surface area contributed by atoms with Gasteiger partial charge >= 0.3 is 0 Å². The molecule has 0 aliphatic carbocycles. The zero-order valence-corrected chi connectivity index (χ0v) is 15.5. The quantitative estimate of drug-likeness (QED) is 0.435. The third-order valence-corrected chi connectivity index (χ3v) is 5.01. The summed E-state index contributed by atoms with van der Waals surface area (Å²) in [5.41, 5.74) is 1.28. The molecule has 1 aromatic rings. The number of hydrogen-bond donors (Lipinski definition) is 2.